The van der Waals surface area contributed by atoms with E-state index in [4.69, 9.17) is 23.2 Å². The fourth-order valence-electron chi connectivity index (χ4n) is 0.298. The average molecular weight is 250 g/mol. The zero-order chi connectivity index (χ0) is 8.36. The van der Waals surface area contributed by atoms with Crippen molar-refractivity contribution in [3.63, 3.8) is 0 Å². The third-order valence-electron chi connectivity index (χ3n) is 0.957. The second-order valence-corrected chi connectivity index (χ2v) is 4.69. The van der Waals surface area contributed by atoms with Gasteiger partial charge >= 0.3 is 5.97 Å². The molecule has 0 spiro atoms. The lowest BCUT2D eigenvalue weighted by molar-refractivity contribution is -0.140. The fraction of sp³-hybridized carbons (Fsp3) is 0.800. The Hall–Kier alpha value is 0.530. The van der Waals surface area contributed by atoms with Gasteiger partial charge in [0.1, 0.15) is 0 Å². The van der Waals surface area contributed by atoms with Crippen LogP contribution in [0.4, 0.5) is 0 Å². The summed E-state index contributed by atoms with van der Waals surface area (Å²) in [6.07, 6.45) is 0. The van der Waals surface area contributed by atoms with Crippen LogP contribution in [0.3, 0.4) is 0 Å². The summed E-state index contributed by atoms with van der Waals surface area (Å²) in [5, 5.41) is -0.526. The van der Waals surface area contributed by atoms with Crippen LogP contribution in [0.15, 0.2) is 0 Å². The molecule has 5 heteroatoms. The standard InChI is InChI=1S/C5H7BrCl2O2/c1-3(7)5(6,8)4(9)10-2/h3H,1-2H3. The SMILES string of the molecule is COC(=O)C(Cl)(Br)C(C)Cl. The van der Waals surface area contributed by atoms with Crippen LogP contribution < -0.4 is 0 Å². The number of ether oxygens (including phenoxy) is 1. The van der Waals surface area contributed by atoms with Crippen LogP contribution in [-0.4, -0.2) is 22.2 Å². The van der Waals surface area contributed by atoms with Gasteiger partial charge in [-0.05, 0) is 6.92 Å². The maximum absolute atomic E-state index is 10.8. The van der Waals surface area contributed by atoms with Crippen molar-refractivity contribution in [3.8, 4) is 0 Å². The number of halogens is 3. The monoisotopic (exact) mass is 248 g/mol. The molecule has 0 saturated heterocycles. The first kappa shape index (κ1) is 10.5. The highest BCUT2D eigenvalue weighted by molar-refractivity contribution is 9.10. The minimum absolute atomic E-state index is 0.526. The number of carbonyl (C=O) groups excluding carboxylic acids is 1. The number of rotatable bonds is 2. The number of carbonyl (C=O) groups is 1. The molecule has 10 heavy (non-hydrogen) atoms. The molecule has 0 saturated carbocycles. The molecule has 0 rings (SSSR count). The Labute approximate surface area is 77.9 Å². The summed E-state index contributed by atoms with van der Waals surface area (Å²) in [4.78, 5) is 10.8. The number of hydrogen-bond donors (Lipinski definition) is 0. The first-order valence-electron chi connectivity index (χ1n) is 2.53. The molecule has 60 valence electrons. The number of esters is 1. The van der Waals surface area contributed by atoms with Gasteiger partial charge in [0.15, 0.2) is 0 Å². The van der Waals surface area contributed by atoms with Crippen LogP contribution in [0.1, 0.15) is 6.92 Å². The lowest BCUT2D eigenvalue weighted by atomic mass is 10.3. The van der Waals surface area contributed by atoms with Gasteiger partial charge in [-0.2, -0.15) is 0 Å². The first-order chi connectivity index (χ1) is 4.42. The Bertz CT molecular complexity index is 136. The van der Waals surface area contributed by atoms with E-state index in [1.54, 1.807) is 6.92 Å². The Kier molecular flexibility index (Phi) is 3.99. The van der Waals surface area contributed by atoms with E-state index < -0.39 is 15.1 Å². The molecule has 0 aliphatic rings. The minimum Gasteiger partial charge on any atom is -0.467 e. The van der Waals surface area contributed by atoms with E-state index in [0.29, 0.717) is 0 Å². The van der Waals surface area contributed by atoms with Crippen molar-refractivity contribution in [3.05, 3.63) is 0 Å². The van der Waals surface area contributed by atoms with Gasteiger partial charge in [0, 0.05) is 0 Å². The smallest absolute Gasteiger partial charge is 0.339 e. The van der Waals surface area contributed by atoms with E-state index in [2.05, 4.69) is 20.7 Å². The van der Waals surface area contributed by atoms with Gasteiger partial charge in [0.25, 0.3) is 0 Å². The lowest BCUT2D eigenvalue weighted by Gasteiger charge is -2.18. The molecule has 0 N–H and O–H groups in total. The molecule has 2 unspecified atom stereocenters. The molecule has 0 bridgehead atoms. The summed E-state index contributed by atoms with van der Waals surface area (Å²) in [7, 11) is 1.25. The first-order valence-corrected chi connectivity index (χ1v) is 4.14. The quantitative estimate of drug-likeness (QED) is 0.554. The molecule has 0 heterocycles. The van der Waals surface area contributed by atoms with Crippen LogP contribution in [0, 0.1) is 0 Å². The molecule has 0 aromatic heterocycles. The molecule has 2 nitrogen and oxygen atoms in total. The van der Waals surface area contributed by atoms with E-state index in [1.807, 2.05) is 0 Å². The van der Waals surface area contributed by atoms with Crippen LogP contribution in [0.2, 0.25) is 0 Å². The summed E-state index contributed by atoms with van der Waals surface area (Å²) >= 11 is 14.1. The van der Waals surface area contributed by atoms with Crippen molar-refractivity contribution < 1.29 is 9.53 Å². The summed E-state index contributed by atoms with van der Waals surface area (Å²) in [6, 6.07) is 0. The van der Waals surface area contributed by atoms with Gasteiger partial charge in [0.05, 0.1) is 12.5 Å². The molecule has 0 aliphatic heterocycles. The summed E-state index contributed by atoms with van der Waals surface area (Å²) in [5.41, 5.74) is 0. The second-order valence-electron chi connectivity index (χ2n) is 1.73. The third-order valence-corrected chi connectivity index (χ3v) is 3.15. The number of alkyl halides is 3. The third kappa shape index (κ3) is 2.29. The predicted octanol–water partition coefficient (Wildman–Crippen LogP) is 2.12. The highest BCUT2D eigenvalue weighted by Crippen LogP contribution is 2.32. The average Bonchev–Trinajstić information content (AvgIpc) is 1.86. The van der Waals surface area contributed by atoms with E-state index in [-0.39, 0.29) is 0 Å². The highest BCUT2D eigenvalue weighted by Gasteiger charge is 2.39. The van der Waals surface area contributed by atoms with Crippen LogP contribution in [0.25, 0.3) is 0 Å². The predicted molar refractivity (Wildman–Crippen MR) is 44.8 cm³/mol. The van der Waals surface area contributed by atoms with Crippen LogP contribution >= 0.6 is 39.1 Å². The van der Waals surface area contributed by atoms with Crippen molar-refractivity contribution in [2.45, 2.75) is 16.1 Å². The van der Waals surface area contributed by atoms with Crippen molar-refractivity contribution in [2.24, 2.45) is 0 Å². The Balaban J connectivity index is 4.24. The fourth-order valence-corrected chi connectivity index (χ4v) is 0.627. The lowest BCUT2D eigenvalue weighted by Crippen LogP contribution is -2.34. The minimum atomic E-state index is -1.30. The highest BCUT2D eigenvalue weighted by atomic mass is 79.9. The normalized spacial score (nSPS) is 19.3. The van der Waals surface area contributed by atoms with E-state index in [1.165, 1.54) is 7.11 Å². The maximum Gasteiger partial charge on any atom is 0.339 e. The van der Waals surface area contributed by atoms with Gasteiger partial charge in [-0.25, -0.2) is 4.79 Å². The van der Waals surface area contributed by atoms with Crippen LogP contribution in [0.5, 0.6) is 0 Å². The molecule has 2 atom stereocenters. The molecule has 0 aromatic rings. The largest absolute Gasteiger partial charge is 0.467 e. The van der Waals surface area contributed by atoms with Gasteiger partial charge < -0.3 is 4.74 Å². The number of methoxy groups -OCH3 is 1. The summed E-state index contributed by atoms with van der Waals surface area (Å²) < 4.78 is 3.07. The summed E-state index contributed by atoms with van der Waals surface area (Å²) in [5.74, 6) is -0.586. The maximum atomic E-state index is 10.8. The summed E-state index contributed by atoms with van der Waals surface area (Å²) in [6.45, 7) is 1.60. The van der Waals surface area contributed by atoms with Crippen molar-refractivity contribution in [1.82, 2.24) is 0 Å². The van der Waals surface area contributed by atoms with Crippen molar-refractivity contribution in [2.75, 3.05) is 7.11 Å². The zero-order valence-corrected chi connectivity index (χ0v) is 8.63. The molecular weight excluding hydrogens is 243 g/mol. The van der Waals surface area contributed by atoms with Gasteiger partial charge in [0.2, 0.25) is 3.78 Å². The van der Waals surface area contributed by atoms with Gasteiger partial charge in [-0.15, -0.1) is 11.6 Å². The zero-order valence-electron chi connectivity index (χ0n) is 5.53. The van der Waals surface area contributed by atoms with Gasteiger partial charge in [-0.3, -0.25) is 0 Å². The Morgan fingerprint density at radius 2 is 2.20 bits per heavy atom. The van der Waals surface area contributed by atoms with E-state index in [9.17, 15) is 4.79 Å². The Morgan fingerprint density at radius 3 is 2.30 bits per heavy atom. The molecule has 0 radical (unpaired) electrons. The van der Waals surface area contributed by atoms with Crippen molar-refractivity contribution >= 4 is 45.1 Å². The van der Waals surface area contributed by atoms with Gasteiger partial charge in [-0.1, -0.05) is 27.5 Å². The molecule has 0 aromatic carbocycles. The molecular formula is C5H7BrCl2O2. The number of hydrogen-bond acceptors (Lipinski definition) is 2. The molecule has 0 amide bonds. The van der Waals surface area contributed by atoms with Crippen LogP contribution in [-0.2, 0) is 9.53 Å². The Morgan fingerprint density at radius 1 is 1.80 bits per heavy atom. The van der Waals surface area contributed by atoms with Crippen molar-refractivity contribution in [1.29, 1.82) is 0 Å². The molecule has 0 fully saturated rings. The molecule has 0 aliphatic carbocycles. The van der Waals surface area contributed by atoms with E-state index in [0.717, 1.165) is 0 Å². The van der Waals surface area contributed by atoms with E-state index >= 15 is 0 Å². The second kappa shape index (κ2) is 3.79. The topological polar surface area (TPSA) is 26.3 Å².